The SMILES string of the molecule is NC(=O)C(=O)C(CC1CC2(CCCCC2)NC1=O)NC(=O)[C@H](CC1CCCCC1)SNC(=O)c1cc2ccccc2[nH]1. The van der Waals surface area contributed by atoms with E-state index in [1.165, 1.54) is 0 Å². The summed E-state index contributed by atoms with van der Waals surface area (Å²) in [5, 5.41) is 6.13. The van der Waals surface area contributed by atoms with E-state index in [1.807, 2.05) is 24.3 Å². The molecule has 2 heterocycles. The van der Waals surface area contributed by atoms with Crippen LogP contribution >= 0.6 is 11.9 Å². The number of Topliss-reactive ketones (excluding diaryl/α,β-unsaturated/α-hetero) is 1. The second-order valence-electron chi connectivity index (χ2n) is 12.3. The van der Waals surface area contributed by atoms with Crippen LogP contribution in [-0.4, -0.2) is 51.2 Å². The molecular formula is C31H41N5O5S. The normalized spacial score (nSPS) is 21.9. The van der Waals surface area contributed by atoms with Crippen molar-refractivity contribution in [1.82, 2.24) is 20.3 Å². The van der Waals surface area contributed by atoms with Gasteiger partial charge in [0.1, 0.15) is 10.9 Å². The highest BCUT2D eigenvalue weighted by Crippen LogP contribution is 2.39. The number of hydrogen-bond donors (Lipinski definition) is 5. The summed E-state index contributed by atoms with van der Waals surface area (Å²) in [6, 6.07) is 8.12. The number of aromatic amines is 1. The molecule has 2 saturated carbocycles. The van der Waals surface area contributed by atoms with Gasteiger partial charge in [-0.25, -0.2) is 0 Å². The molecular weight excluding hydrogens is 554 g/mol. The number of carbonyl (C=O) groups excluding carboxylic acids is 5. The molecule has 3 atom stereocenters. The van der Waals surface area contributed by atoms with Gasteiger partial charge in [-0.2, -0.15) is 0 Å². The molecule has 1 aromatic carbocycles. The number of nitrogens with two attached hydrogens (primary N) is 1. The minimum absolute atomic E-state index is 0.0172. The molecule has 2 aromatic rings. The van der Waals surface area contributed by atoms with Crippen LogP contribution in [0.2, 0.25) is 0 Å². The van der Waals surface area contributed by atoms with Crippen molar-refractivity contribution in [1.29, 1.82) is 0 Å². The van der Waals surface area contributed by atoms with Crippen LogP contribution in [0.1, 0.15) is 94.0 Å². The van der Waals surface area contributed by atoms with Gasteiger partial charge < -0.3 is 21.4 Å². The quantitative estimate of drug-likeness (QED) is 0.197. The Kier molecular flexibility index (Phi) is 9.55. The first-order valence-corrected chi connectivity index (χ1v) is 16.1. The first kappa shape index (κ1) is 30.1. The van der Waals surface area contributed by atoms with Crippen LogP contribution in [-0.2, 0) is 19.2 Å². The Bertz CT molecular complexity index is 1300. The van der Waals surface area contributed by atoms with E-state index < -0.39 is 34.8 Å². The molecule has 5 rings (SSSR count). The van der Waals surface area contributed by atoms with Crippen molar-refractivity contribution in [3.05, 3.63) is 36.0 Å². The van der Waals surface area contributed by atoms with Crippen molar-refractivity contribution in [2.45, 2.75) is 100 Å². The predicted octanol–water partition coefficient (Wildman–Crippen LogP) is 3.65. The van der Waals surface area contributed by atoms with Gasteiger partial charge in [-0.1, -0.05) is 69.6 Å². The van der Waals surface area contributed by atoms with Gasteiger partial charge in [0.15, 0.2) is 0 Å². The number of nitrogens with one attached hydrogen (secondary N) is 4. The molecule has 11 heteroatoms. The summed E-state index contributed by atoms with van der Waals surface area (Å²) in [6.07, 6.45) is 11.5. The van der Waals surface area contributed by atoms with Gasteiger partial charge in [0, 0.05) is 22.4 Å². The number of primary amides is 1. The lowest BCUT2D eigenvalue weighted by atomic mass is 9.78. The molecule has 2 aliphatic carbocycles. The number of ketones is 1. The lowest BCUT2D eigenvalue weighted by Gasteiger charge is -2.33. The maximum absolute atomic E-state index is 13.7. The highest BCUT2D eigenvalue weighted by atomic mass is 32.2. The molecule has 1 aliphatic heterocycles. The summed E-state index contributed by atoms with van der Waals surface area (Å²) in [5.74, 6) is -3.20. The fourth-order valence-electron chi connectivity index (χ4n) is 6.99. The number of benzene rings is 1. The van der Waals surface area contributed by atoms with Crippen LogP contribution in [0, 0.1) is 11.8 Å². The molecule has 1 aromatic heterocycles. The van der Waals surface area contributed by atoms with Gasteiger partial charge in [0.05, 0.1) is 6.04 Å². The Labute approximate surface area is 250 Å². The van der Waals surface area contributed by atoms with E-state index in [-0.39, 0.29) is 23.8 Å². The molecule has 1 saturated heterocycles. The maximum atomic E-state index is 13.7. The predicted molar refractivity (Wildman–Crippen MR) is 161 cm³/mol. The van der Waals surface area contributed by atoms with Crippen molar-refractivity contribution >= 4 is 52.3 Å². The van der Waals surface area contributed by atoms with Crippen LogP contribution < -0.4 is 21.1 Å². The molecule has 3 aliphatic rings. The number of rotatable bonds is 11. The van der Waals surface area contributed by atoms with Gasteiger partial charge in [-0.15, -0.1) is 0 Å². The third-order valence-corrected chi connectivity index (χ3v) is 10.2. The largest absolute Gasteiger partial charge is 0.363 e. The summed E-state index contributed by atoms with van der Waals surface area (Å²) in [6.45, 7) is 0. The average Bonchev–Trinajstić information content (AvgIpc) is 3.55. The summed E-state index contributed by atoms with van der Waals surface area (Å²) in [7, 11) is 0. The third kappa shape index (κ3) is 7.17. The first-order valence-electron chi connectivity index (χ1n) is 15.2. The maximum Gasteiger partial charge on any atom is 0.287 e. The molecule has 42 heavy (non-hydrogen) atoms. The number of aromatic nitrogens is 1. The molecule has 0 bridgehead atoms. The summed E-state index contributed by atoms with van der Waals surface area (Å²) >= 11 is 1.02. The lowest BCUT2D eigenvalue weighted by Crippen LogP contribution is -2.50. The fraction of sp³-hybridized carbons (Fsp3) is 0.581. The van der Waals surface area contributed by atoms with Gasteiger partial charge >= 0.3 is 0 Å². The van der Waals surface area contributed by atoms with Crippen LogP contribution in [0.4, 0.5) is 0 Å². The minimum Gasteiger partial charge on any atom is -0.363 e. The standard InChI is InChI=1S/C31H41N5O5S/c32-27(38)26(37)23(17-21-18-31(35-28(21)39)13-7-2-8-14-31)34-30(41)25(15-19-9-3-1-4-10-19)42-36-29(40)24-16-20-11-5-6-12-22(20)33-24/h5-6,11-12,16,19,21,23,25,33H,1-4,7-10,13-15,17-18H2,(H2,32,38)(H,34,41)(H,35,39)(H,36,40)/t21?,23?,25-/m0/s1. The Morgan fingerprint density at radius 3 is 2.43 bits per heavy atom. The van der Waals surface area contributed by atoms with Crippen molar-refractivity contribution in [3.63, 3.8) is 0 Å². The monoisotopic (exact) mass is 595 g/mol. The van der Waals surface area contributed by atoms with Crippen molar-refractivity contribution in [2.75, 3.05) is 0 Å². The number of para-hydroxylation sites is 1. The van der Waals surface area contributed by atoms with E-state index in [0.29, 0.717) is 24.5 Å². The second-order valence-corrected chi connectivity index (χ2v) is 13.3. The molecule has 2 unspecified atom stereocenters. The molecule has 1 spiro atoms. The zero-order valence-electron chi connectivity index (χ0n) is 23.9. The van der Waals surface area contributed by atoms with Crippen LogP contribution in [0.5, 0.6) is 0 Å². The van der Waals surface area contributed by atoms with E-state index in [0.717, 1.165) is 87.1 Å². The number of hydrogen-bond acceptors (Lipinski definition) is 6. The van der Waals surface area contributed by atoms with Crippen LogP contribution in [0.15, 0.2) is 30.3 Å². The summed E-state index contributed by atoms with van der Waals surface area (Å²) in [5.41, 5.74) is 6.32. The van der Waals surface area contributed by atoms with E-state index in [4.69, 9.17) is 5.73 Å². The lowest BCUT2D eigenvalue weighted by molar-refractivity contribution is -0.139. The molecule has 3 fully saturated rings. The number of fused-ring (bicyclic) bond motifs is 1. The average molecular weight is 596 g/mol. The van der Waals surface area contributed by atoms with E-state index in [1.54, 1.807) is 6.07 Å². The highest BCUT2D eigenvalue weighted by Gasteiger charge is 2.46. The van der Waals surface area contributed by atoms with E-state index in [9.17, 15) is 24.0 Å². The number of carbonyl (C=O) groups is 5. The fourth-order valence-corrected chi connectivity index (χ4v) is 7.89. The Morgan fingerprint density at radius 1 is 1.00 bits per heavy atom. The van der Waals surface area contributed by atoms with E-state index in [2.05, 4.69) is 20.3 Å². The van der Waals surface area contributed by atoms with Crippen LogP contribution in [0.25, 0.3) is 10.9 Å². The molecule has 6 N–H and O–H groups in total. The molecule has 10 nitrogen and oxygen atoms in total. The highest BCUT2D eigenvalue weighted by molar-refractivity contribution is 7.99. The third-order valence-electron chi connectivity index (χ3n) is 9.24. The number of H-pyrrole nitrogens is 1. The van der Waals surface area contributed by atoms with Crippen molar-refractivity contribution in [2.24, 2.45) is 17.6 Å². The molecule has 226 valence electrons. The Morgan fingerprint density at radius 2 is 1.71 bits per heavy atom. The van der Waals surface area contributed by atoms with Gasteiger partial charge in [0.25, 0.3) is 11.8 Å². The van der Waals surface area contributed by atoms with Gasteiger partial charge in [-0.3, -0.25) is 28.7 Å². The van der Waals surface area contributed by atoms with E-state index >= 15 is 0 Å². The number of amides is 4. The van der Waals surface area contributed by atoms with Crippen molar-refractivity contribution in [3.8, 4) is 0 Å². The van der Waals surface area contributed by atoms with Crippen molar-refractivity contribution < 1.29 is 24.0 Å². The van der Waals surface area contributed by atoms with Crippen LogP contribution in [0.3, 0.4) is 0 Å². The zero-order chi connectivity index (χ0) is 29.7. The topological polar surface area (TPSA) is 163 Å². The smallest absolute Gasteiger partial charge is 0.287 e. The Hall–Kier alpha value is -3.34. The second kappa shape index (κ2) is 13.3. The molecule has 0 radical (unpaired) electrons. The first-order chi connectivity index (χ1) is 20.2. The summed E-state index contributed by atoms with van der Waals surface area (Å²) < 4.78 is 2.82. The minimum atomic E-state index is -1.21. The zero-order valence-corrected chi connectivity index (χ0v) is 24.7. The van der Waals surface area contributed by atoms with Gasteiger partial charge in [-0.05, 0) is 62.1 Å². The van der Waals surface area contributed by atoms with Gasteiger partial charge in [0.2, 0.25) is 17.6 Å². The molecule has 4 amide bonds. The summed E-state index contributed by atoms with van der Waals surface area (Å²) in [4.78, 5) is 67.6. The Balaban J connectivity index is 1.28.